The van der Waals surface area contributed by atoms with Crippen LogP contribution in [-0.2, 0) is 29.0 Å². The van der Waals surface area contributed by atoms with Crippen LogP contribution in [0.4, 0.5) is 5.13 Å². The van der Waals surface area contributed by atoms with Crippen LogP contribution in [0.2, 0.25) is 0 Å². The van der Waals surface area contributed by atoms with Crippen molar-refractivity contribution >= 4 is 28.3 Å². The molecule has 1 fully saturated rings. The number of anilines is 1. The predicted octanol–water partition coefficient (Wildman–Crippen LogP) is 2.24. The average Bonchev–Trinajstić information content (AvgIpc) is 3.21. The molecular formula is C22H28N4O3S. The molecule has 4 rings (SSSR count). The molecule has 0 saturated carbocycles. The summed E-state index contributed by atoms with van der Waals surface area (Å²) in [5.74, 6) is 1.00. The molecule has 2 aliphatic rings. The molecular weight excluding hydrogens is 400 g/mol. The number of nitrogens with one attached hydrogen (secondary N) is 1. The van der Waals surface area contributed by atoms with E-state index in [0.29, 0.717) is 6.54 Å². The third-order valence-corrected chi connectivity index (χ3v) is 7.12. The first kappa shape index (κ1) is 20.7. The van der Waals surface area contributed by atoms with Crippen LogP contribution >= 0.6 is 11.3 Å². The zero-order chi connectivity index (χ0) is 21.1. The van der Waals surface area contributed by atoms with Gasteiger partial charge in [-0.2, -0.15) is 0 Å². The number of carbonyl (C=O) groups is 2. The summed E-state index contributed by atoms with van der Waals surface area (Å²) in [6.07, 6.45) is 2.41. The van der Waals surface area contributed by atoms with Crippen molar-refractivity contribution in [2.24, 2.45) is 5.92 Å². The Hall–Kier alpha value is -2.61. The van der Waals surface area contributed by atoms with Gasteiger partial charge in [-0.25, -0.2) is 4.98 Å². The highest BCUT2D eigenvalue weighted by molar-refractivity contribution is 7.15. The number of ether oxygens (including phenoxy) is 1. The van der Waals surface area contributed by atoms with Gasteiger partial charge in [-0.15, -0.1) is 11.3 Å². The Kier molecular flexibility index (Phi) is 6.22. The second kappa shape index (κ2) is 9.04. The highest BCUT2D eigenvalue weighted by atomic mass is 32.1. The smallest absolute Gasteiger partial charge is 0.223 e. The highest BCUT2D eigenvalue weighted by Crippen LogP contribution is 2.34. The van der Waals surface area contributed by atoms with Crippen molar-refractivity contribution < 1.29 is 14.3 Å². The summed E-state index contributed by atoms with van der Waals surface area (Å²) in [5.41, 5.74) is 2.12. The number of aryl methyl sites for hydroxylation is 1. The summed E-state index contributed by atoms with van der Waals surface area (Å²) in [6, 6.07) is 7.75. The lowest BCUT2D eigenvalue weighted by molar-refractivity contribution is -0.129. The second-order valence-corrected chi connectivity index (χ2v) is 8.89. The number of hydrogen-bond donors (Lipinski definition) is 1. The van der Waals surface area contributed by atoms with Crippen molar-refractivity contribution in [3.63, 3.8) is 0 Å². The van der Waals surface area contributed by atoms with Crippen LogP contribution in [0.5, 0.6) is 5.75 Å². The maximum Gasteiger partial charge on any atom is 0.223 e. The Morgan fingerprint density at radius 3 is 2.73 bits per heavy atom. The number of piperazine rings is 1. The molecule has 160 valence electrons. The van der Waals surface area contributed by atoms with Crippen molar-refractivity contribution in [3.05, 3.63) is 40.4 Å². The van der Waals surface area contributed by atoms with Gasteiger partial charge in [-0.3, -0.25) is 9.59 Å². The fourth-order valence-electron chi connectivity index (χ4n) is 4.11. The maximum atomic E-state index is 12.8. The molecule has 1 aliphatic heterocycles. The van der Waals surface area contributed by atoms with E-state index in [-0.39, 0.29) is 17.7 Å². The minimum absolute atomic E-state index is 0.0185. The summed E-state index contributed by atoms with van der Waals surface area (Å²) < 4.78 is 5.37. The van der Waals surface area contributed by atoms with Crippen LogP contribution in [0, 0.1) is 5.92 Å². The SMILES string of the molecule is COc1ccccc1CNC(=O)[C@H]1CCc2nc(N3CCN(C(C)=O)CC3)sc2C1. The fraction of sp³-hybridized carbons (Fsp3) is 0.500. The lowest BCUT2D eigenvalue weighted by Gasteiger charge is -2.33. The van der Waals surface area contributed by atoms with Crippen molar-refractivity contribution in [1.29, 1.82) is 0 Å². The summed E-state index contributed by atoms with van der Waals surface area (Å²) in [5, 5.41) is 4.10. The van der Waals surface area contributed by atoms with Gasteiger partial charge in [-0.1, -0.05) is 18.2 Å². The Bertz CT molecular complexity index is 921. The Morgan fingerprint density at radius 2 is 2.00 bits per heavy atom. The van der Waals surface area contributed by atoms with E-state index in [1.165, 1.54) is 4.88 Å². The van der Waals surface area contributed by atoms with E-state index in [1.54, 1.807) is 25.4 Å². The number of amides is 2. The Balaban J connectivity index is 1.34. The zero-order valence-electron chi connectivity index (χ0n) is 17.5. The molecule has 7 nitrogen and oxygen atoms in total. The van der Waals surface area contributed by atoms with E-state index < -0.39 is 0 Å². The number of carbonyl (C=O) groups excluding carboxylic acids is 2. The summed E-state index contributed by atoms with van der Waals surface area (Å²) in [6.45, 7) is 5.21. The molecule has 2 amide bonds. The van der Waals surface area contributed by atoms with Crippen molar-refractivity contribution in [1.82, 2.24) is 15.2 Å². The van der Waals surface area contributed by atoms with Gasteiger partial charge in [0.15, 0.2) is 5.13 Å². The zero-order valence-corrected chi connectivity index (χ0v) is 18.3. The number of hydrogen-bond acceptors (Lipinski definition) is 6. The number of methoxy groups -OCH3 is 1. The number of para-hydroxylation sites is 1. The molecule has 0 radical (unpaired) electrons. The van der Waals surface area contributed by atoms with Crippen LogP contribution < -0.4 is 15.0 Å². The molecule has 1 atom stereocenters. The van der Waals surface area contributed by atoms with E-state index >= 15 is 0 Å². The van der Waals surface area contributed by atoms with Crippen LogP contribution in [0.25, 0.3) is 0 Å². The monoisotopic (exact) mass is 428 g/mol. The van der Waals surface area contributed by atoms with Gasteiger partial charge >= 0.3 is 0 Å². The molecule has 1 aromatic carbocycles. The first-order chi connectivity index (χ1) is 14.5. The third-order valence-electron chi connectivity index (χ3n) is 5.94. The van der Waals surface area contributed by atoms with Crippen molar-refractivity contribution in [3.8, 4) is 5.75 Å². The predicted molar refractivity (Wildman–Crippen MR) is 117 cm³/mol. The largest absolute Gasteiger partial charge is 0.496 e. The lowest BCUT2D eigenvalue weighted by atomic mass is 9.90. The molecule has 1 aromatic heterocycles. The molecule has 2 aromatic rings. The third kappa shape index (κ3) is 4.43. The van der Waals surface area contributed by atoms with E-state index in [4.69, 9.17) is 9.72 Å². The Morgan fingerprint density at radius 1 is 1.23 bits per heavy atom. The number of benzene rings is 1. The number of rotatable bonds is 5. The highest BCUT2D eigenvalue weighted by Gasteiger charge is 2.29. The molecule has 0 spiro atoms. The van der Waals surface area contributed by atoms with Gasteiger partial charge in [0.2, 0.25) is 11.8 Å². The van der Waals surface area contributed by atoms with Gasteiger partial charge < -0.3 is 19.9 Å². The fourth-order valence-corrected chi connectivity index (χ4v) is 5.35. The maximum absolute atomic E-state index is 12.8. The van der Waals surface area contributed by atoms with E-state index in [0.717, 1.165) is 67.6 Å². The minimum Gasteiger partial charge on any atom is -0.496 e. The molecule has 0 bridgehead atoms. The van der Waals surface area contributed by atoms with Gasteiger partial charge in [0.1, 0.15) is 5.75 Å². The molecule has 2 heterocycles. The molecule has 1 saturated heterocycles. The first-order valence-corrected chi connectivity index (χ1v) is 11.3. The normalized spacial score (nSPS) is 18.7. The van der Waals surface area contributed by atoms with Crippen LogP contribution in [0.3, 0.4) is 0 Å². The molecule has 1 aliphatic carbocycles. The minimum atomic E-state index is -0.0185. The topological polar surface area (TPSA) is 74.8 Å². The number of aromatic nitrogens is 1. The second-order valence-electron chi connectivity index (χ2n) is 7.83. The first-order valence-electron chi connectivity index (χ1n) is 10.4. The van der Waals surface area contributed by atoms with E-state index in [9.17, 15) is 9.59 Å². The van der Waals surface area contributed by atoms with Gasteiger partial charge in [0.25, 0.3) is 0 Å². The summed E-state index contributed by atoms with van der Waals surface area (Å²) in [7, 11) is 1.64. The van der Waals surface area contributed by atoms with Crippen LogP contribution in [0.1, 0.15) is 29.5 Å². The lowest BCUT2D eigenvalue weighted by Crippen LogP contribution is -2.48. The van der Waals surface area contributed by atoms with Crippen molar-refractivity contribution in [2.75, 3.05) is 38.2 Å². The molecule has 0 unspecified atom stereocenters. The van der Waals surface area contributed by atoms with Crippen LogP contribution in [0.15, 0.2) is 24.3 Å². The van der Waals surface area contributed by atoms with Crippen LogP contribution in [-0.4, -0.2) is 55.0 Å². The average molecular weight is 429 g/mol. The van der Waals surface area contributed by atoms with Gasteiger partial charge in [0.05, 0.1) is 12.8 Å². The summed E-state index contributed by atoms with van der Waals surface area (Å²) >= 11 is 1.70. The van der Waals surface area contributed by atoms with Gasteiger partial charge in [-0.05, 0) is 25.3 Å². The number of thiazole rings is 1. The molecule has 8 heteroatoms. The standard InChI is InChI=1S/C22H28N4O3S/c1-15(27)25-9-11-26(12-10-25)22-24-18-8-7-16(13-20(18)30-22)21(28)23-14-17-5-3-4-6-19(17)29-2/h3-6,16H,7-14H2,1-2H3,(H,23,28)/t16-/m0/s1. The number of fused-ring (bicyclic) bond motifs is 1. The molecule has 30 heavy (non-hydrogen) atoms. The quantitative estimate of drug-likeness (QED) is 0.791. The van der Waals surface area contributed by atoms with E-state index in [1.807, 2.05) is 29.2 Å². The van der Waals surface area contributed by atoms with Gasteiger partial charge in [0, 0.05) is 56.0 Å². The van der Waals surface area contributed by atoms with E-state index in [2.05, 4.69) is 10.2 Å². The van der Waals surface area contributed by atoms with Crippen molar-refractivity contribution in [2.45, 2.75) is 32.7 Å². The molecule has 1 N–H and O–H groups in total. The summed E-state index contributed by atoms with van der Waals surface area (Å²) in [4.78, 5) is 34.5. The number of nitrogens with zero attached hydrogens (tertiary/aromatic N) is 3. The Labute approximate surface area is 181 Å².